The lowest BCUT2D eigenvalue weighted by Gasteiger charge is -2.19. The Hall–Kier alpha value is -1.70. The first-order chi connectivity index (χ1) is 25.4. The van der Waals surface area contributed by atoms with Crippen molar-refractivity contribution in [3.05, 3.63) is 48.8 Å². The van der Waals surface area contributed by atoms with Gasteiger partial charge >= 0.3 is 13.8 Å². The van der Waals surface area contributed by atoms with E-state index < -0.39 is 13.9 Å². The van der Waals surface area contributed by atoms with Gasteiger partial charge in [0.1, 0.15) is 6.61 Å². The number of hydrogen-bond donors (Lipinski definition) is 2. The number of unbranched alkanes of at least 4 members (excludes halogenated alkanes) is 21. The number of esters is 1. The maximum atomic E-state index is 12.6. The van der Waals surface area contributed by atoms with Gasteiger partial charge in [0.15, 0.2) is 6.10 Å². The number of phosphoric acid groups is 1. The molecule has 0 heterocycles. The molecule has 9 heteroatoms. The van der Waals surface area contributed by atoms with Crippen LogP contribution in [0.5, 0.6) is 0 Å². The molecule has 0 amide bonds. The third-order valence-electron chi connectivity index (χ3n) is 8.78. The first kappa shape index (κ1) is 50.3. The molecule has 2 atom stereocenters. The van der Waals surface area contributed by atoms with Crippen LogP contribution in [-0.2, 0) is 27.9 Å². The number of carbonyl (C=O) groups is 1. The van der Waals surface area contributed by atoms with Gasteiger partial charge in [-0.05, 0) is 83.1 Å². The molecule has 0 fully saturated rings. The number of phosphoric ester groups is 1. The van der Waals surface area contributed by atoms with Crippen molar-refractivity contribution in [1.29, 1.82) is 0 Å². The Kier molecular flexibility index (Phi) is 39.2. The molecule has 0 aliphatic carbocycles. The quantitative estimate of drug-likeness (QED) is 0.0209. The topological polar surface area (TPSA) is 117 Å². The van der Waals surface area contributed by atoms with Crippen LogP contribution in [0.3, 0.4) is 0 Å². The lowest BCUT2D eigenvalue weighted by molar-refractivity contribution is -0.153. The molecule has 0 aromatic rings. The van der Waals surface area contributed by atoms with Crippen molar-refractivity contribution in [2.45, 2.75) is 193 Å². The predicted octanol–water partition coefficient (Wildman–Crippen LogP) is 12.8. The maximum Gasteiger partial charge on any atom is 0.472 e. The largest absolute Gasteiger partial charge is 0.498 e. The second kappa shape index (κ2) is 40.5. The first-order valence-electron chi connectivity index (χ1n) is 21.2. The number of carbonyl (C=O) groups excluding carboxylic acids is 1. The van der Waals surface area contributed by atoms with Crippen molar-refractivity contribution in [3.63, 3.8) is 0 Å². The molecule has 0 aliphatic heterocycles. The molecule has 0 aromatic heterocycles. The molecular formula is C43H80NO7P. The summed E-state index contributed by atoms with van der Waals surface area (Å²) in [7, 11) is -4.30. The summed E-state index contributed by atoms with van der Waals surface area (Å²) < 4.78 is 33.1. The second-order valence-corrected chi connectivity index (χ2v) is 15.4. The van der Waals surface area contributed by atoms with E-state index in [0.29, 0.717) is 6.42 Å². The van der Waals surface area contributed by atoms with E-state index in [2.05, 4.69) is 50.3 Å². The Balaban J connectivity index is 4.12. The van der Waals surface area contributed by atoms with E-state index in [0.717, 1.165) is 44.9 Å². The lowest BCUT2D eigenvalue weighted by atomic mass is 10.1. The number of hydrogen-bond acceptors (Lipinski definition) is 7. The molecule has 3 N–H and O–H groups in total. The molecule has 0 rings (SSSR count). The van der Waals surface area contributed by atoms with Gasteiger partial charge in [-0.3, -0.25) is 13.8 Å². The Labute approximate surface area is 320 Å². The summed E-state index contributed by atoms with van der Waals surface area (Å²) in [5.74, 6) is -0.363. The van der Waals surface area contributed by atoms with E-state index in [1.165, 1.54) is 122 Å². The Morgan fingerprint density at radius 1 is 0.596 bits per heavy atom. The van der Waals surface area contributed by atoms with Crippen LogP contribution in [0.1, 0.15) is 187 Å². The van der Waals surface area contributed by atoms with Crippen molar-refractivity contribution in [3.8, 4) is 0 Å². The van der Waals surface area contributed by atoms with E-state index in [9.17, 15) is 14.3 Å². The molecular weight excluding hydrogens is 673 g/mol. The summed E-state index contributed by atoms with van der Waals surface area (Å²) in [6, 6.07) is 0. The smallest absolute Gasteiger partial charge is 0.472 e. The zero-order chi connectivity index (χ0) is 38.1. The molecule has 304 valence electrons. The van der Waals surface area contributed by atoms with Gasteiger partial charge < -0.3 is 20.1 Å². The van der Waals surface area contributed by atoms with Crippen molar-refractivity contribution in [1.82, 2.24) is 0 Å². The Morgan fingerprint density at radius 2 is 1.04 bits per heavy atom. The van der Waals surface area contributed by atoms with Crippen LogP contribution in [0.15, 0.2) is 48.8 Å². The molecule has 1 unspecified atom stereocenters. The van der Waals surface area contributed by atoms with Crippen LogP contribution in [0.4, 0.5) is 0 Å². The molecule has 0 aliphatic rings. The first-order valence-corrected chi connectivity index (χ1v) is 22.7. The molecule has 52 heavy (non-hydrogen) atoms. The molecule has 0 aromatic carbocycles. The molecule has 0 spiro atoms. The summed E-state index contributed by atoms with van der Waals surface area (Å²) in [5.41, 5.74) is 5.36. The fourth-order valence-electron chi connectivity index (χ4n) is 5.63. The van der Waals surface area contributed by atoms with Gasteiger partial charge in [-0.25, -0.2) is 4.57 Å². The average molecular weight is 754 g/mol. The number of nitrogens with two attached hydrogens (primary N) is 1. The standard InChI is InChI=1S/C43H80NO7P/c1-3-5-7-9-11-13-15-17-19-21-22-24-26-28-30-32-34-36-43(45)51-42(41-50-52(46,47)49-39-37-44)40-48-38-35-33-31-29-27-25-23-20-18-16-14-12-10-8-6-4-2/h11,13-14,16-17,19,35,38,42H,3-10,12,15,18,20-34,36-37,39-41,44H2,1-2H3,(H,46,47)/b13-11-,16-14-,19-17-,38-35-/t42-/m1/s1. The molecule has 0 saturated heterocycles. The van der Waals surface area contributed by atoms with E-state index in [-0.39, 0.29) is 32.3 Å². The van der Waals surface area contributed by atoms with Gasteiger partial charge in [0, 0.05) is 13.0 Å². The second-order valence-electron chi connectivity index (χ2n) is 13.9. The van der Waals surface area contributed by atoms with Gasteiger partial charge in [0.25, 0.3) is 0 Å². The summed E-state index contributed by atoms with van der Waals surface area (Å²) in [6.07, 6.45) is 47.8. The molecule has 8 nitrogen and oxygen atoms in total. The van der Waals surface area contributed by atoms with Crippen LogP contribution in [0.25, 0.3) is 0 Å². The Bertz CT molecular complexity index is 936. The van der Waals surface area contributed by atoms with Crippen molar-refractivity contribution < 1.29 is 32.8 Å². The van der Waals surface area contributed by atoms with E-state index in [1.54, 1.807) is 6.26 Å². The maximum absolute atomic E-state index is 12.6. The van der Waals surface area contributed by atoms with Crippen LogP contribution in [0, 0.1) is 0 Å². The highest BCUT2D eigenvalue weighted by atomic mass is 31.2. The normalized spacial score (nSPS) is 13.9. The fourth-order valence-corrected chi connectivity index (χ4v) is 6.40. The summed E-state index contributed by atoms with van der Waals surface area (Å²) >= 11 is 0. The van der Waals surface area contributed by atoms with Gasteiger partial charge in [-0.1, -0.05) is 140 Å². The van der Waals surface area contributed by atoms with Crippen LogP contribution in [0.2, 0.25) is 0 Å². The van der Waals surface area contributed by atoms with E-state index in [1.807, 2.05) is 6.08 Å². The highest BCUT2D eigenvalue weighted by molar-refractivity contribution is 7.47. The summed E-state index contributed by atoms with van der Waals surface area (Å²) in [5, 5.41) is 0. The zero-order valence-electron chi connectivity index (χ0n) is 33.5. The van der Waals surface area contributed by atoms with Gasteiger partial charge in [0.2, 0.25) is 0 Å². The minimum atomic E-state index is -4.30. The Morgan fingerprint density at radius 3 is 1.58 bits per heavy atom. The number of allylic oxidation sites excluding steroid dienone is 7. The minimum absolute atomic E-state index is 0.0251. The number of ether oxygens (including phenoxy) is 2. The highest BCUT2D eigenvalue weighted by Crippen LogP contribution is 2.43. The van der Waals surface area contributed by atoms with Crippen molar-refractivity contribution in [2.75, 3.05) is 26.4 Å². The highest BCUT2D eigenvalue weighted by Gasteiger charge is 2.25. The van der Waals surface area contributed by atoms with Crippen LogP contribution < -0.4 is 5.73 Å². The third kappa shape index (κ3) is 39.5. The van der Waals surface area contributed by atoms with Crippen molar-refractivity contribution in [2.24, 2.45) is 5.73 Å². The average Bonchev–Trinajstić information content (AvgIpc) is 3.13. The zero-order valence-corrected chi connectivity index (χ0v) is 34.4. The third-order valence-corrected chi connectivity index (χ3v) is 9.77. The minimum Gasteiger partial charge on any atom is -0.498 e. The predicted molar refractivity (Wildman–Crippen MR) is 219 cm³/mol. The van der Waals surface area contributed by atoms with E-state index >= 15 is 0 Å². The number of rotatable bonds is 40. The van der Waals surface area contributed by atoms with Gasteiger partial charge in [-0.2, -0.15) is 0 Å². The summed E-state index contributed by atoms with van der Waals surface area (Å²) in [6.45, 7) is 4.19. The van der Waals surface area contributed by atoms with Crippen LogP contribution in [-0.4, -0.2) is 43.3 Å². The van der Waals surface area contributed by atoms with Crippen molar-refractivity contribution >= 4 is 13.8 Å². The van der Waals surface area contributed by atoms with Gasteiger partial charge in [0.05, 0.1) is 19.5 Å². The molecule has 0 bridgehead atoms. The monoisotopic (exact) mass is 754 g/mol. The van der Waals surface area contributed by atoms with E-state index in [4.69, 9.17) is 24.3 Å². The van der Waals surface area contributed by atoms with Crippen LogP contribution >= 0.6 is 7.82 Å². The molecule has 0 radical (unpaired) electrons. The molecule has 0 saturated carbocycles. The lowest BCUT2D eigenvalue weighted by Crippen LogP contribution is -2.27. The summed E-state index contributed by atoms with van der Waals surface area (Å²) in [4.78, 5) is 22.4. The SMILES string of the molecule is CCCCC/C=C\C/C=C\CCCCCCCCCC(=O)O[C@H](CO/C=C\CCCCCCCC/C=C\CCCCCC)COP(=O)(O)OCCN. The fraction of sp³-hybridized carbons (Fsp3) is 0.791. The van der Waals surface area contributed by atoms with Gasteiger partial charge in [-0.15, -0.1) is 0 Å².